The van der Waals surface area contributed by atoms with Crippen molar-refractivity contribution in [2.45, 2.75) is 19.4 Å². The number of aliphatic hydroxyl groups excluding tert-OH is 1. The van der Waals surface area contributed by atoms with E-state index in [2.05, 4.69) is 5.32 Å². The van der Waals surface area contributed by atoms with Crippen LogP contribution in [0.25, 0.3) is 11.1 Å². The molecule has 1 aliphatic heterocycles. The number of β-amino-alcohol motifs (C(OH)–C–C–N with tert-alkyl or cyclic N) is 1. The van der Waals surface area contributed by atoms with Gasteiger partial charge in [-0.2, -0.15) is 0 Å². The predicted molar refractivity (Wildman–Crippen MR) is 81.8 cm³/mol. The largest absolute Gasteiger partial charge is 0.419 e. The fraction of sp³-hybridized carbons (Fsp3) is 0.467. The lowest BCUT2D eigenvalue weighted by molar-refractivity contribution is 0.0464. The number of urea groups is 1. The summed E-state index contributed by atoms with van der Waals surface area (Å²) in [4.78, 5) is 25.3. The van der Waals surface area contributed by atoms with Crippen molar-refractivity contribution in [3.8, 4) is 0 Å². The molecule has 22 heavy (non-hydrogen) atoms. The van der Waals surface area contributed by atoms with Gasteiger partial charge in [0, 0.05) is 31.9 Å². The molecular formula is C15H19N3O4. The summed E-state index contributed by atoms with van der Waals surface area (Å²) in [7, 11) is 1.63. The predicted octanol–water partition coefficient (Wildman–Crippen LogP) is 1.37. The third-order valence-corrected chi connectivity index (χ3v) is 4.25. The Morgan fingerprint density at radius 1 is 1.45 bits per heavy atom. The maximum Gasteiger partial charge on any atom is 0.419 e. The van der Waals surface area contributed by atoms with Crippen LogP contribution in [0.5, 0.6) is 0 Å². The number of rotatable bonds is 1. The number of amides is 2. The Hall–Kier alpha value is -2.28. The molecule has 1 aromatic carbocycles. The molecule has 0 bridgehead atoms. The molecule has 2 heterocycles. The number of nitrogens with zero attached hydrogens (tertiary/aromatic N) is 2. The number of oxazole rings is 1. The van der Waals surface area contributed by atoms with E-state index in [4.69, 9.17) is 4.42 Å². The lowest BCUT2D eigenvalue weighted by atomic mass is 9.96. The highest BCUT2D eigenvalue weighted by Gasteiger charge is 2.27. The summed E-state index contributed by atoms with van der Waals surface area (Å²) in [6, 6.07) is 4.81. The van der Waals surface area contributed by atoms with Crippen LogP contribution >= 0.6 is 0 Å². The number of aryl methyl sites for hydroxylation is 1. The zero-order valence-corrected chi connectivity index (χ0v) is 12.6. The Morgan fingerprint density at radius 2 is 2.23 bits per heavy atom. The number of carbonyl (C=O) groups excluding carboxylic acids is 1. The van der Waals surface area contributed by atoms with E-state index in [1.54, 1.807) is 30.1 Å². The van der Waals surface area contributed by atoms with Crippen LogP contribution in [0, 0.1) is 5.92 Å². The third-order valence-electron chi connectivity index (χ3n) is 4.25. The lowest BCUT2D eigenvalue weighted by Crippen LogP contribution is -2.47. The standard InChI is InChI=1S/C15H19N3O4/c1-9-5-6-18(8-12(9)19)14(20)16-10-3-4-11-13(7-10)22-15(21)17(11)2/h3-4,7,9,12,19H,5-6,8H2,1-2H3,(H,16,20). The maximum atomic E-state index is 12.2. The van der Waals surface area contributed by atoms with Gasteiger partial charge in [0.2, 0.25) is 0 Å². The second-order valence-electron chi connectivity index (χ2n) is 5.82. The number of fused-ring (bicyclic) bond motifs is 1. The van der Waals surface area contributed by atoms with Gasteiger partial charge in [0.05, 0.1) is 11.6 Å². The highest BCUT2D eigenvalue weighted by Crippen LogP contribution is 2.20. The zero-order valence-electron chi connectivity index (χ0n) is 12.6. The molecule has 3 rings (SSSR count). The molecule has 0 saturated carbocycles. The van der Waals surface area contributed by atoms with Crippen molar-refractivity contribution < 1.29 is 14.3 Å². The van der Waals surface area contributed by atoms with Crippen LogP contribution in [0.3, 0.4) is 0 Å². The van der Waals surface area contributed by atoms with Gasteiger partial charge in [-0.15, -0.1) is 0 Å². The van der Waals surface area contributed by atoms with Gasteiger partial charge in [0.1, 0.15) is 0 Å². The Labute approximate surface area is 127 Å². The van der Waals surface area contributed by atoms with Crippen molar-refractivity contribution in [2.24, 2.45) is 13.0 Å². The van der Waals surface area contributed by atoms with E-state index in [-0.39, 0.29) is 11.9 Å². The molecule has 0 radical (unpaired) electrons. The van der Waals surface area contributed by atoms with Gasteiger partial charge in [0.25, 0.3) is 0 Å². The van der Waals surface area contributed by atoms with Crippen LogP contribution in [0.4, 0.5) is 10.5 Å². The second kappa shape index (κ2) is 5.49. The smallest absolute Gasteiger partial charge is 0.408 e. The number of aliphatic hydroxyl groups is 1. The van der Waals surface area contributed by atoms with Gasteiger partial charge in [-0.25, -0.2) is 9.59 Å². The Morgan fingerprint density at radius 3 is 2.95 bits per heavy atom. The van der Waals surface area contributed by atoms with E-state index in [1.807, 2.05) is 6.92 Å². The normalized spacial score (nSPS) is 22.0. The lowest BCUT2D eigenvalue weighted by Gasteiger charge is -2.34. The minimum atomic E-state index is -0.492. The monoisotopic (exact) mass is 305 g/mol. The number of carbonyl (C=O) groups is 1. The Balaban J connectivity index is 1.75. The highest BCUT2D eigenvalue weighted by molar-refractivity contribution is 5.91. The zero-order chi connectivity index (χ0) is 15.9. The SMILES string of the molecule is CC1CCN(C(=O)Nc2ccc3c(c2)oc(=O)n3C)CC1O. The molecule has 118 valence electrons. The molecule has 1 saturated heterocycles. The minimum Gasteiger partial charge on any atom is -0.408 e. The topological polar surface area (TPSA) is 87.7 Å². The molecule has 2 aromatic rings. The van der Waals surface area contributed by atoms with Crippen LogP contribution < -0.4 is 11.1 Å². The number of benzene rings is 1. The molecule has 7 heteroatoms. The molecule has 0 spiro atoms. The number of hydrogen-bond donors (Lipinski definition) is 2. The van der Waals surface area contributed by atoms with E-state index >= 15 is 0 Å². The van der Waals surface area contributed by atoms with Gasteiger partial charge in [-0.1, -0.05) is 6.92 Å². The van der Waals surface area contributed by atoms with E-state index in [0.29, 0.717) is 29.9 Å². The van der Waals surface area contributed by atoms with E-state index in [9.17, 15) is 14.7 Å². The van der Waals surface area contributed by atoms with Crippen molar-refractivity contribution in [3.63, 3.8) is 0 Å². The molecule has 2 unspecified atom stereocenters. The molecule has 0 aliphatic carbocycles. The number of likely N-dealkylation sites (tertiary alicyclic amines) is 1. The van der Waals surface area contributed by atoms with Crippen molar-refractivity contribution >= 4 is 22.8 Å². The van der Waals surface area contributed by atoms with Gasteiger partial charge in [0.15, 0.2) is 5.58 Å². The van der Waals surface area contributed by atoms with Gasteiger partial charge in [-0.05, 0) is 24.5 Å². The quantitative estimate of drug-likeness (QED) is 0.833. The second-order valence-corrected chi connectivity index (χ2v) is 5.82. The number of nitrogens with one attached hydrogen (secondary N) is 1. The van der Waals surface area contributed by atoms with Crippen molar-refractivity contribution in [1.82, 2.24) is 9.47 Å². The van der Waals surface area contributed by atoms with Crippen LogP contribution in [0.15, 0.2) is 27.4 Å². The van der Waals surface area contributed by atoms with Crippen LogP contribution in [-0.2, 0) is 7.05 Å². The van der Waals surface area contributed by atoms with Crippen molar-refractivity contribution in [3.05, 3.63) is 28.7 Å². The van der Waals surface area contributed by atoms with Crippen LogP contribution in [-0.4, -0.2) is 39.8 Å². The molecule has 7 nitrogen and oxygen atoms in total. The summed E-state index contributed by atoms with van der Waals surface area (Å²) in [6.45, 7) is 2.92. The van der Waals surface area contributed by atoms with E-state index in [1.165, 1.54) is 4.57 Å². The Bertz CT molecular complexity index is 764. The third kappa shape index (κ3) is 2.59. The first-order valence-corrected chi connectivity index (χ1v) is 7.29. The molecule has 2 atom stereocenters. The molecule has 1 aromatic heterocycles. The highest BCUT2D eigenvalue weighted by atomic mass is 16.4. The van der Waals surface area contributed by atoms with E-state index < -0.39 is 11.9 Å². The fourth-order valence-electron chi connectivity index (χ4n) is 2.65. The van der Waals surface area contributed by atoms with E-state index in [0.717, 1.165) is 6.42 Å². The van der Waals surface area contributed by atoms with Gasteiger partial charge < -0.3 is 19.7 Å². The molecule has 1 fully saturated rings. The van der Waals surface area contributed by atoms with Crippen molar-refractivity contribution in [2.75, 3.05) is 18.4 Å². The summed E-state index contributed by atoms with van der Waals surface area (Å²) in [5.41, 5.74) is 1.66. The van der Waals surface area contributed by atoms with Gasteiger partial charge >= 0.3 is 11.8 Å². The number of hydrogen-bond acceptors (Lipinski definition) is 4. The summed E-state index contributed by atoms with van der Waals surface area (Å²) >= 11 is 0. The Kier molecular flexibility index (Phi) is 3.66. The summed E-state index contributed by atoms with van der Waals surface area (Å²) in [6.07, 6.45) is 0.287. The molecule has 2 N–H and O–H groups in total. The van der Waals surface area contributed by atoms with Crippen molar-refractivity contribution in [1.29, 1.82) is 0 Å². The fourth-order valence-corrected chi connectivity index (χ4v) is 2.65. The molecular weight excluding hydrogens is 286 g/mol. The molecule has 1 aliphatic rings. The minimum absolute atomic E-state index is 0.207. The summed E-state index contributed by atoms with van der Waals surface area (Å²) in [5.74, 6) is -0.231. The average Bonchev–Trinajstić information content (AvgIpc) is 2.76. The first-order chi connectivity index (χ1) is 10.5. The number of anilines is 1. The first-order valence-electron chi connectivity index (χ1n) is 7.29. The summed E-state index contributed by atoms with van der Waals surface area (Å²) in [5, 5.41) is 12.6. The number of aromatic nitrogens is 1. The maximum absolute atomic E-state index is 12.2. The summed E-state index contributed by atoms with van der Waals surface area (Å²) < 4.78 is 6.51. The first kappa shape index (κ1) is 14.6. The average molecular weight is 305 g/mol. The molecule has 2 amide bonds. The van der Waals surface area contributed by atoms with Crippen LogP contribution in [0.2, 0.25) is 0 Å². The van der Waals surface area contributed by atoms with Gasteiger partial charge in [-0.3, -0.25) is 4.57 Å². The van der Waals surface area contributed by atoms with Crippen LogP contribution in [0.1, 0.15) is 13.3 Å². The number of piperidine rings is 1.